The summed E-state index contributed by atoms with van der Waals surface area (Å²) in [5.74, 6) is 0. The molecule has 1 aromatic heterocycles. The van der Waals surface area contributed by atoms with E-state index in [2.05, 4.69) is 10.5 Å². The second kappa shape index (κ2) is 8.13. The Kier molecular flexibility index (Phi) is 5.85. The van der Waals surface area contributed by atoms with Crippen LogP contribution in [0.25, 0.3) is 0 Å². The molecule has 27 heavy (non-hydrogen) atoms. The molecule has 1 aromatic carbocycles. The number of rotatable bonds is 6. The first-order valence-corrected chi connectivity index (χ1v) is 10.4. The first-order valence-electron chi connectivity index (χ1n) is 8.10. The van der Waals surface area contributed by atoms with Crippen molar-refractivity contribution in [3.05, 3.63) is 50.7 Å². The van der Waals surface area contributed by atoms with Crippen LogP contribution in [0.2, 0.25) is 0 Å². The Balaban J connectivity index is 1.98. The summed E-state index contributed by atoms with van der Waals surface area (Å²) in [4.78, 5) is 11.3. The molecule has 0 atom stereocenters. The lowest BCUT2D eigenvalue weighted by Crippen LogP contribution is -2.40. The number of anilines is 1. The van der Waals surface area contributed by atoms with Gasteiger partial charge in [-0.25, -0.2) is 8.42 Å². The van der Waals surface area contributed by atoms with Gasteiger partial charge < -0.3 is 4.74 Å². The molecule has 0 bridgehead atoms. The van der Waals surface area contributed by atoms with Gasteiger partial charge >= 0.3 is 0 Å². The number of morpholine rings is 1. The van der Waals surface area contributed by atoms with Crippen molar-refractivity contribution in [2.75, 3.05) is 31.7 Å². The van der Waals surface area contributed by atoms with E-state index in [0.717, 1.165) is 10.9 Å². The summed E-state index contributed by atoms with van der Waals surface area (Å²) in [6, 6.07) is 7.45. The van der Waals surface area contributed by atoms with Gasteiger partial charge in [0.1, 0.15) is 4.90 Å². The minimum Gasteiger partial charge on any atom is -0.379 e. The van der Waals surface area contributed by atoms with Crippen LogP contribution in [0.1, 0.15) is 11.8 Å². The smallest absolute Gasteiger partial charge is 0.270 e. The number of nitro groups is 1. The summed E-state index contributed by atoms with van der Waals surface area (Å²) in [7, 11) is -3.93. The molecule has 1 saturated heterocycles. The molecule has 2 aromatic rings. The number of nitro benzene ring substituents is 1. The van der Waals surface area contributed by atoms with Gasteiger partial charge in [-0.2, -0.15) is 9.41 Å². The van der Waals surface area contributed by atoms with Gasteiger partial charge in [-0.3, -0.25) is 15.5 Å². The van der Waals surface area contributed by atoms with E-state index in [9.17, 15) is 18.5 Å². The van der Waals surface area contributed by atoms with Gasteiger partial charge in [0.05, 0.1) is 29.5 Å². The van der Waals surface area contributed by atoms with Crippen LogP contribution in [-0.4, -0.2) is 49.7 Å². The van der Waals surface area contributed by atoms with E-state index in [0.29, 0.717) is 5.71 Å². The van der Waals surface area contributed by atoms with E-state index in [1.165, 1.54) is 27.8 Å². The highest BCUT2D eigenvalue weighted by molar-refractivity contribution is 7.89. The van der Waals surface area contributed by atoms with Crippen molar-refractivity contribution in [3.63, 3.8) is 0 Å². The number of benzene rings is 1. The van der Waals surface area contributed by atoms with Crippen LogP contribution < -0.4 is 5.43 Å². The molecule has 0 saturated carbocycles. The zero-order chi connectivity index (χ0) is 19.4. The van der Waals surface area contributed by atoms with Gasteiger partial charge in [-0.15, -0.1) is 11.3 Å². The predicted octanol–water partition coefficient (Wildman–Crippen LogP) is 2.51. The second-order valence-electron chi connectivity index (χ2n) is 5.74. The Morgan fingerprint density at radius 1 is 1.33 bits per heavy atom. The molecule has 1 N–H and O–H groups in total. The molecule has 0 unspecified atom stereocenters. The van der Waals surface area contributed by atoms with Gasteiger partial charge in [0.15, 0.2) is 0 Å². The molecular formula is C16H18N4O5S2. The van der Waals surface area contributed by atoms with E-state index in [1.807, 2.05) is 17.5 Å². The third-order valence-corrected chi connectivity index (χ3v) is 6.90. The van der Waals surface area contributed by atoms with Crippen molar-refractivity contribution < 1.29 is 18.1 Å². The second-order valence-corrected chi connectivity index (χ2v) is 8.59. The minimum absolute atomic E-state index is 0.179. The molecule has 1 fully saturated rings. The molecule has 11 heteroatoms. The fraction of sp³-hybridized carbons (Fsp3) is 0.312. The zero-order valence-electron chi connectivity index (χ0n) is 14.5. The normalized spacial score (nSPS) is 16.3. The van der Waals surface area contributed by atoms with Crippen LogP contribution >= 0.6 is 11.3 Å². The minimum atomic E-state index is -3.93. The quantitative estimate of drug-likeness (QED) is 0.445. The summed E-state index contributed by atoms with van der Waals surface area (Å²) < 4.78 is 32.5. The number of ether oxygens (including phenoxy) is 1. The summed E-state index contributed by atoms with van der Waals surface area (Å²) in [5, 5.41) is 17.3. The van der Waals surface area contributed by atoms with Crippen molar-refractivity contribution in [3.8, 4) is 0 Å². The Labute approximate surface area is 160 Å². The third-order valence-electron chi connectivity index (χ3n) is 3.99. The van der Waals surface area contributed by atoms with Crippen LogP contribution in [0.3, 0.4) is 0 Å². The van der Waals surface area contributed by atoms with Gasteiger partial charge in [0.25, 0.3) is 5.69 Å². The highest BCUT2D eigenvalue weighted by Crippen LogP contribution is 2.29. The van der Waals surface area contributed by atoms with E-state index in [4.69, 9.17) is 4.74 Å². The number of sulfonamides is 1. The molecule has 9 nitrogen and oxygen atoms in total. The number of nitrogens with one attached hydrogen (secondary N) is 1. The molecule has 0 spiro atoms. The van der Waals surface area contributed by atoms with Crippen molar-refractivity contribution in [2.45, 2.75) is 11.8 Å². The largest absolute Gasteiger partial charge is 0.379 e. The highest BCUT2D eigenvalue weighted by atomic mass is 32.2. The van der Waals surface area contributed by atoms with Gasteiger partial charge in [-0.1, -0.05) is 6.07 Å². The third kappa shape index (κ3) is 4.33. The van der Waals surface area contributed by atoms with E-state index >= 15 is 0 Å². The zero-order valence-corrected chi connectivity index (χ0v) is 16.1. The molecule has 3 rings (SSSR count). The lowest BCUT2D eigenvalue weighted by atomic mass is 10.3. The Bertz CT molecular complexity index is 951. The topological polar surface area (TPSA) is 114 Å². The van der Waals surface area contributed by atoms with Crippen LogP contribution in [0.5, 0.6) is 0 Å². The molecule has 144 valence electrons. The fourth-order valence-corrected chi connectivity index (χ4v) is 4.79. The maximum absolute atomic E-state index is 13.0. The average molecular weight is 410 g/mol. The molecule has 1 aliphatic heterocycles. The summed E-state index contributed by atoms with van der Waals surface area (Å²) >= 11 is 1.50. The average Bonchev–Trinajstić information content (AvgIpc) is 3.21. The van der Waals surface area contributed by atoms with E-state index in [-0.39, 0.29) is 42.6 Å². The van der Waals surface area contributed by atoms with Crippen molar-refractivity contribution in [1.82, 2.24) is 4.31 Å². The van der Waals surface area contributed by atoms with Gasteiger partial charge in [0.2, 0.25) is 10.0 Å². The molecule has 0 amide bonds. The summed E-state index contributed by atoms with van der Waals surface area (Å²) in [5.41, 5.74) is 3.31. The monoisotopic (exact) mass is 410 g/mol. The highest BCUT2D eigenvalue weighted by Gasteiger charge is 2.30. The number of hydrogen-bond acceptors (Lipinski definition) is 8. The van der Waals surface area contributed by atoms with Crippen LogP contribution in [0.4, 0.5) is 11.4 Å². The van der Waals surface area contributed by atoms with E-state index < -0.39 is 14.9 Å². The Hall–Kier alpha value is -2.34. The Morgan fingerprint density at radius 2 is 2.07 bits per heavy atom. The van der Waals surface area contributed by atoms with Crippen molar-refractivity contribution in [2.24, 2.45) is 5.10 Å². The summed E-state index contributed by atoms with van der Waals surface area (Å²) in [6.45, 7) is 2.75. The van der Waals surface area contributed by atoms with Gasteiger partial charge in [-0.05, 0) is 24.4 Å². The molecule has 0 radical (unpaired) electrons. The lowest BCUT2D eigenvalue weighted by molar-refractivity contribution is -0.385. The first-order chi connectivity index (χ1) is 12.9. The number of nitrogens with zero attached hydrogens (tertiary/aromatic N) is 3. The number of hydrazone groups is 1. The SMILES string of the molecule is CC(=NNc1ccc([N+](=O)[O-])cc1S(=O)(=O)N1CCOCC1)c1cccs1. The predicted molar refractivity (Wildman–Crippen MR) is 103 cm³/mol. The number of non-ortho nitro benzene ring substituents is 1. The maximum Gasteiger partial charge on any atom is 0.270 e. The molecule has 1 aliphatic rings. The molecule has 0 aliphatic carbocycles. The van der Waals surface area contributed by atoms with Crippen LogP contribution in [-0.2, 0) is 14.8 Å². The maximum atomic E-state index is 13.0. The van der Waals surface area contributed by atoms with Crippen molar-refractivity contribution in [1.29, 1.82) is 0 Å². The van der Waals surface area contributed by atoms with E-state index in [1.54, 1.807) is 6.92 Å². The molecular weight excluding hydrogens is 392 g/mol. The standard InChI is InChI=1S/C16H18N4O5S2/c1-12(15-3-2-10-26-15)17-18-14-5-4-13(20(21)22)11-16(14)27(23,24)19-6-8-25-9-7-19/h2-5,10-11,18H,6-9H2,1H3. The number of thiophene rings is 1. The van der Waals surface area contributed by atoms with Crippen molar-refractivity contribution >= 4 is 38.4 Å². The van der Waals surface area contributed by atoms with Crippen LogP contribution in [0.15, 0.2) is 45.7 Å². The number of hydrogen-bond donors (Lipinski definition) is 1. The lowest BCUT2D eigenvalue weighted by Gasteiger charge is -2.26. The van der Waals surface area contributed by atoms with Crippen LogP contribution in [0, 0.1) is 10.1 Å². The van der Waals surface area contributed by atoms with Gasteiger partial charge in [0, 0.05) is 30.1 Å². The summed E-state index contributed by atoms with van der Waals surface area (Å²) in [6.07, 6.45) is 0. The molecule has 2 heterocycles. The first kappa shape index (κ1) is 19.4. The fourth-order valence-electron chi connectivity index (χ4n) is 2.54. The Morgan fingerprint density at radius 3 is 2.70 bits per heavy atom.